The summed E-state index contributed by atoms with van der Waals surface area (Å²) in [6, 6.07) is 5.10. The molecule has 0 fully saturated rings. The lowest BCUT2D eigenvalue weighted by Gasteiger charge is -2.11. The molecule has 0 aliphatic carbocycles. The Hall–Kier alpha value is -2.22. The molecule has 0 atom stereocenters. The summed E-state index contributed by atoms with van der Waals surface area (Å²) in [6.45, 7) is 0. The highest BCUT2D eigenvalue weighted by atomic mass is 79.9. The smallest absolute Gasteiger partial charge is 0.261 e. The molecule has 0 N–H and O–H groups in total. The van der Waals surface area contributed by atoms with Crippen LogP contribution in [-0.2, 0) is 12.6 Å². The monoisotopic (exact) mass is 382 g/mol. The topological polar surface area (TPSA) is 43.6 Å². The third-order valence-electron chi connectivity index (χ3n) is 3.28. The average Bonchev–Trinajstić information content (AvgIpc) is 3.03. The molecule has 0 aliphatic rings. The first kappa shape index (κ1) is 15.7. The maximum atomic E-state index is 12.6. The molecule has 0 saturated carbocycles. The van der Waals surface area contributed by atoms with Gasteiger partial charge in [0.1, 0.15) is 5.69 Å². The largest absolute Gasteiger partial charge is 0.416 e. The van der Waals surface area contributed by atoms with E-state index in [0.29, 0.717) is 12.1 Å². The van der Waals surface area contributed by atoms with Gasteiger partial charge in [0, 0.05) is 22.7 Å². The highest BCUT2D eigenvalue weighted by Crippen LogP contribution is 2.30. The Bertz CT molecular complexity index is 799. The normalized spacial score (nSPS) is 11.7. The lowest BCUT2D eigenvalue weighted by molar-refractivity contribution is -0.137. The average molecular weight is 383 g/mol. The highest BCUT2D eigenvalue weighted by Gasteiger charge is 2.29. The van der Waals surface area contributed by atoms with E-state index in [-0.39, 0.29) is 0 Å². The minimum absolute atomic E-state index is 0.429. The van der Waals surface area contributed by atoms with Crippen molar-refractivity contribution in [2.75, 3.05) is 0 Å². The molecule has 3 rings (SSSR count). The van der Waals surface area contributed by atoms with Crippen LogP contribution in [0.1, 0.15) is 16.7 Å². The molecule has 4 nitrogen and oxygen atoms in total. The Morgan fingerprint density at radius 1 is 1.00 bits per heavy atom. The summed E-state index contributed by atoms with van der Waals surface area (Å²) in [4.78, 5) is 5.52. The molecule has 2 heterocycles. The summed E-state index contributed by atoms with van der Waals surface area (Å²) in [6.07, 6.45) is 2.43. The van der Waals surface area contributed by atoms with Gasteiger partial charge < -0.3 is 0 Å². The lowest BCUT2D eigenvalue weighted by Crippen LogP contribution is -2.07. The van der Waals surface area contributed by atoms with Gasteiger partial charge in [-0.3, -0.25) is 4.98 Å². The number of halogens is 4. The summed E-state index contributed by atoms with van der Waals surface area (Å²) >= 11 is 3.43. The van der Waals surface area contributed by atoms with Crippen molar-refractivity contribution in [2.45, 2.75) is 12.6 Å². The first-order chi connectivity index (χ1) is 10.9. The Labute approximate surface area is 138 Å². The summed E-state index contributed by atoms with van der Waals surface area (Å²) in [5, 5.41) is 8.14. The lowest BCUT2D eigenvalue weighted by atomic mass is 10.0. The van der Waals surface area contributed by atoms with E-state index >= 15 is 0 Å². The second-order valence-corrected chi connectivity index (χ2v) is 5.66. The molecule has 0 saturated heterocycles. The standard InChI is InChI=1S/C15H10BrF3N4/c16-13-8-20-9-14(23-21-5-6-22-23)12(13)7-10-1-3-11(4-2-10)15(17,18)19/h1-6,8-9H,7H2. The fourth-order valence-electron chi connectivity index (χ4n) is 2.15. The van der Waals surface area contributed by atoms with Gasteiger partial charge in [-0.25, -0.2) is 0 Å². The number of benzene rings is 1. The third kappa shape index (κ3) is 3.42. The number of alkyl halides is 3. The SMILES string of the molecule is FC(F)(F)c1ccc(Cc2c(Br)cncc2-n2nccn2)cc1. The fourth-order valence-corrected chi connectivity index (χ4v) is 2.62. The van der Waals surface area contributed by atoms with Gasteiger partial charge in [0.05, 0.1) is 24.2 Å². The molecule has 0 bridgehead atoms. The number of hydrogen-bond acceptors (Lipinski definition) is 3. The summed E-state index contributed by atoms with van der Waals surface area (Å²) in [5.41, 5.74) is 1.60. The Morgan fingerprint density at radius 3 is 2.26 bits per heavy atom. The zero-order valence-electron chi connectivity index (χ0n) is 11.6. The van der Waals surface area contributed by atoms with Gasteiger partial charge in [0.25, 0.3) is 0 Å². The van der Waals surface area contributed by atoms with Crippen LogP contribution in [0, 0.1) is 0 Å². The maximum absolute atomic E-state index is 12.6. The van der Waals surface area contributed by atoms with Crippen LogP contribution >= 0.6 is 15.9 Å². The van der Waals surface area contributed by atoms with Gasteiger partial charge in [0.15, 0.2) is 0 Å². The Balaban J connectivity index is 1.94. The number of hydrogen-bond donors (Lipinski definition) is 0. The maximum Gasteiger partial charge on any atom is 0.416 e. The van der Waals surface area contributed by atoms with Crippen LogP contribution in [-0.4, -0.2) is 20.0 Å². The summed E-state index contributed by atoms with van der Waals surface area (Å²) in [7, 11) is 0. The molecule has 0 radical (unpaired) electrons. The molecule has 0 aliphatic heterocycles. The van der Waals surface area contributed by atoms with E-state index in [1.54, 1.807) is 24.8 Å². The highest BCUT2D eigenvalue weighted by molar-refractivity contribution is 9.10. The van der Waals surface area contributed by atoms with Crippen molar-refractivity contribution < 1.29 is 13.2 Å². The zero-order chi connectivity index (χ0) is 16.4. The molecular weight excluding hydrogens is 373 g/mol. The molecule has 3 aromatic rings. The second-order valence-electron chi connectivity index (χ2n) is 4.81. The van der Waals surface area contributed by atoms with Gasteiger partial charge >= 0.3 is 6.18 Å². The second kappa shape index (κ2) is 6.11. The van der Waals surface area contributed by atoms with E-state index in [0.717, 1.165) is 27.7 Å². The quantitative estimate of drug-likeness (QED) is 0.686. The van der Waals surface area contributed by atoms with E-state index in [2.05, 4.69) is 31.1 Å². The number of aromatic nitrogens is 4. The first-order valence-electron chi connectivity index (χ1n) is 6.60. The van der Waals surface area contributed by atoms with Gasteiger partial charge in [-0.15, -0.1) is 4.80 Å². The molecule has 2 aromatic heterocycles. The minimum atomic E-state index is -4.33. The van der Waals surface area contributed by atoms with Gasteiger partial charge in [0.2, 0.25) is 0 Å². The van der Waals surface area contributed by atoms with Crippen molar-refractivity contribution in [3.63, 3.8) is 0 Å². The molecule has 0 amide bonds. The summed E-state index contributed by atoms with van der Waals surface area (Å²) in [5.74, 6) is 0. The number of pyridine rings is 1. The van der Waals surface area contributed by atoms with Crippen molar-refractivity contribution in [2.24, 2.45) is 0 Å². The number of rotatable bonds is 3. The third-order valence-corrected chi connectivity index (χ3v) is 3.96. The van der Waals surface area contributed by atoms with Crippen LogP contribution in [0.5, 0.6) is 0 Å². The molecule has 1 aromatic carbocycles. The minimum Gasteiger partial charge on any atom is -0.261 e. The van der Waals surface area contributed by atoms with Crippen molar-refractivity contribution in [3.8, 4) is 5.69 Å². The van der Waals surface area contributed by atoms with E-state index in [9.17, 15) is 13.2 Å². The van der Waals surface area contributed by atoms with Crippen molar-refractivity contribution in [1.82, 2.24) is 20.0 Å². The van der Waals surface area contributed by atoms with Crippen molar-refractivity contribution in [1.29, 1.82) is 0 Å². The van der Waals surface area contributed by atoms with Crippen LogP contribution in [0.25, 0.3) is 5.69 Å². The van der Waals surface area contributed by atoms with E-state index in [1.807, 2.05) is 0 Å². The fraction of sp³-hybridized carbons (Fsp3) is 0.133. The number of nitrogens with zero attached hydrogens (tertiary/aromatic N) is 4. The predicted octanol–water partition coefficient (Wildman–Crippen LogP) is 4.03. The van der Waals surface area contributed by atoms with Crippen LogP contribution in [0.4, 0.5) is 13.2 Å². The predicted molar refractivity (Wildman–Crippen MR) is 81.1 cm³/mol. The Morgan fingerprint density at radius 2 is 1.65 bits per heavy atom. The van der Waals surface area contributed by atoms with Crippen molar-refractivity contribution >= 4 is 15.9 Å². The molecule has 23 heavy (non-hydrogen) atoms. The van der Waals surface area contributed by atoms with Crippen molar-refractivity contribution in [3.05, 3.63) is 70.2 Å². The van der Waals surface area contributed by atoms with Gasteiger partial charge in [-0.05, 0) is 33.6 Å². The van der Waals surface area contributed by atoms with E-state index in [1.165, 1.54) is 16.9 Å². The van der Waals surface area contributed by atoms with Crippen LogP contribution < -0.4 is 0 Å². The zero-order valence-corrected chi connectivity index (χ0v) is 13.2. The van der Waals surface area contributed by atoms with Crippen LogP contribution in [0.3, 0.4) is 0 Å². The van der Waals surface area contributed by atoms with Gasteiger partial charge in [-0.1, -0.05) is 12.1 Å². The van der Waals surface area contributed by atoms with Crippen LogP contribution in [0.2, 0.25) is 0 Å². The van der Waals surface area contributed by atoms with E-state index < -0.39 is 11.7 Å². The van der Waals surface area contributed by atoms with E-state index in [4.69, 9.17) is 0 Å². The summed E-state index contributed by atoms with van der Waals surface area (Å²) < 4.78 is 38.6. The molecular formula is C15H10BrF3N4. The Kier molecular flexibility index (Phi) is 4.16. The molecule has 8 heteroatoms. The first-order valence-corrected chi connectivity index (χ1v) is 7.39. The molecule has 118 valence electrons. The van der Waals surface area contributed by atoms with Gasteiger partial charge in [-0.2, -0.15) is 23.4 Å². The van der Waals surface area contributed by atoms with Crippen LogP contribution in [0.15, 0.2) is 53.5 Å². The molecule has 0 unspecified atom stereocenters. The molecule has 0 spiro atoms.